The molecule has 0 aliphatic heterocycles. The molecule has 6 heterocycles. The Morgan fingerprint density at radius 1 is 0.791 bits per heavy atom. The maximum atomic E-state index is 13.1. The van der Waals surface area contributed by atoms with Crippen molar-refractivity contribution in [1.82, 2.24) is 29.2 Å². The van der Waals surface area contributed by atoms with Crippen molar-refractivity contribution < 1.29 is 22.2 Å². The quantitative estimate of drug-likeness (QED) is 0.239. The van der Waals surface area contributed by atoms with Crippen LogP contribution in [-0.2, 0) is 10.0 Å². The number of rotatable bonds is 5. The molecule has 12 heteroatoms. The highest BCUT2D eigenvalue weighted by Gasteiger charge is 2.21. The van der Waals surface area contributed by atoms with Gasteiger partial charge in [-0.2, -0.15) is 0 Å². The first kappa shape index (κ1) is 27.9. The number of aromatic amines is 1. The zero-order valence-electron chi connectivity index (χ0n) is 24.1. The molecule has 0 radical (unpaired) electrons. The number of H-pyrrole nitrogens is 1. The summed E-state index contributed by atoms with van der Waals surface area (Å²) in [5, 5.41) is 7.90. The SMILES string of the molecule is COc1ccc(S(=O)(=O)n2ccc3ncc(-c4c(C)noc4C)cc32)cc1.Cc1noc(C)c1-c1cnc2cc[nH]c2c1. The molecule has 0 fully saturated rings. The Kier molecular flexibility index (Phi) is 7.06. The van der Waals surface area contributed by atoms with E-state index in [1.165, 1.54) is 29.4 Å². The molecule has 1 aromatic carbocycles. The van der Waals surface area contributed by atoms with Crippen LogP contribution in [0.3, 0.4) is 0 Å². The first-order valence-electron chi connectivity index (χ1n) is 13.3. The minimum absolute atomic E-state index is 0.170. The number of fused-ring (bicyclic) bond motifs is 2. The van der Waals surface area contributed by atoms with Crippen LogP contribution in [0.2, 0.25) is 0 Å². The van der Waals surface area contributed by atoms with E-state index in [4.69, 9.17) is 13.8 Å². The minimum atomic E-state index is -3.77. The summed E-state index contributed by atoms with van der Waals surface area (Å²) in [6, 6.07) is 13.8. The molecule has 7 rings (SSSR count). The summed E-state index contributed by atoms with van der Waals surface area (Å²) in [5.41, 5.74) is 8.33. The van der Waals surface area contributed by atoms with E-state index in [0.29, 0.717) is 22.5 Å². The molecule has 0 saturated carbocycles. The van der Waals surface area contributed by atoms with Gasteiger partial charge in [-0.05, 0) is 76.2 Å². The van der Waals surface area contributed by atoms with Crippen LogP contribution in [0, 0.1) is 27.7 Å². The van der Waals surface area contributed by atoms with Gasteiger partial charge < -0.3 is 18.8 Å². The third kappa shape index (κ3) is 5.06. The number of aryl methyl sites for hydroxylation is 4. The second-order valence-electron chi connectivity index (χ2n) is 9.95. The molecule has 7 aromatic rings. The van der Waals surface area contributed by atoms with E-state index in [1.807, 2.05) is 46.2 Å². The van der Waals surface area contributed by atoms with Crippen molar-refractivity contribution in [2.45, 2.75) is 32.6 Å². The van der Waals surface area contributed by atoms with Gasteiger partial charge in [0.25, 0.3) is 10.0 Å². The van der Waals surface area contributed by atoms with Crippen LogP contribution >= 0.6 is 0 Å². The number of pyridine rings is 2. The first-order valence-corrected chi connectivity index (χ1v) is 14.8. The van der Waals surface area contributed by atoms with Crippen molar-refractivity contribution in [3.8, 4) is 28.0 Å². The van der Waals surface area contributed by atoms with Crippen LogP contribution in [0.1, 0.15) is 22.9 Å². The Labute approximate surface area is 247 Å². The molecule has 0 bridgehead atoms. The fourth-order valence-corrected chi connectivity index (χ4v) is 6.39. The molecule has 218 valence electrons. The molecule has 1 N–H and O–H groups in total. The molecule has 0 atom stereocenters. The predicted octanol–water partition coefficient (Wildman–Crippen LogP) is 6.39. The standard InChI is InChI=1S/C19H17N3O4S.C12H11N3O/c1-12-19(13(2)26-21-12)14-10-18-17(20-11-14)8-9-22(18)27(23,24)16-6-4-15(25-3)5-7-16;1-7-12(8(2)16-15-7)9-5-11-10(14-6-9)3-4-13-11/h4-11H,1-3H3;3-6,13H,1-2H3. The highest BCUT2D eigenvalue weighted by atomic mass is 32.2. The molecule has 0 aliphatic carbocycles. The Morgan fingerprint density at radius 2 is 1.40 bits per heavy atom. The second kappa shape index (κ2) is 10.9. The zero-order valence-corrected chi connectivity index (χ0v) is 24.9. The third-order valence-corrected chi connectivity index (χ3v) is 8.87. The molecule has 0 saturated heterocycles. The van der Waals surface area contributed by atoms with Gasteiger partial charge in [0.1, 0.15) is 17.3 Å². The number of hydrogen-bond donors (Lipinski definition) is 1. The maximum absolute atomic E-state index is 13.1. The van der Waals surface area contributed by atoms with Gasteiger partial charge in [0.05, 0.1) is 45.5 Å². The highest BCUT2D eigenvalue weighted by Crippen LogP contribution is 2.31. The van der Waals surface area contributed by atoms with Crippen LogP contribution in [0.15, 0.2) is 87.3 Å². The van der Waals surface area contributed by atoms with E-state index in [0.717, 1.165) is 50.4 Å². The van der Waals surface area contributed by atoms with E-state index < -0.39 is 10.0 Å². The molecular formula is C31H28N6O5S. The minimum Gasteiger partial charge on any atom is -0.497 e. The van der Waals surface area contributed by atoms with Gasteiger partial charge in [0, 0.05) is 47.0 Å². The lowest BCUT2D eigenvalue weighted by Crippen LogP contribution is -2.11. The molecule has 6 aromatic heterocycles. The van der Waals surface area contributed by atoms with Crippen molar-refractivity contribution in [1.29, 1.82) is 0 Å². The van der Waals surface area contributed by atoms with E-state index in [2.05, 4.69) is 31.3 Å². The maximum Gasteiger partial charge on any atom is 0.268 e. The average molecular weight is 597 g/mol. The monoisotopic (exact) mass is 596 g/mol. The number of hydrogen-bond acceptors (Lipinski definition) is 9. The topological polar surface area (TPSA) is 142 Å². The number of nitrogens with zero attached hydrogens (tertiary/aromatic N) is 5. The van der Waals surface area contributed by atoms with Gasteiger partial charge >= 0.3 is 0 Å². The lowest BCUT2D eigenvalue weighted by atomic mass is 10.1. The van der Waals surface area contributed by atoms with Gasteiger partial charge in [0.15, 0.2) is 0 Å². The van der Waals surface area contributed by atoms with Crippen LogP contribution in [0.25, 0.3) is 44.3 Å². The summed E-state index contributed by atoms with van der Waals surface area (Å²) in [6.45, 7) is 7.49. The van der Waals surface area contributed by atoms with Crippen molar-refractivity contribution in [2.75, 3.05) is 7.11 Å². The van der Waals surface area contributed by atoms with Crippen molar-refractivity contribution in [3.05, 3.63) is 96.2 Å². The number of aromatic nitrogens is 6. The smallest absolute Gasteiger partial charge is 0.268 e. The second-order valence-corrected chi connectivity index (χ2v) is 11.8. The van der Waals surface area contributed by atoms with Gasteiger partial charge in [-0.1, -0.05) is 10.3 Å². The van der Waals surface area contributed by atoms with E-state index in [9.17, 15) is 8.42 Å². The van der Waals surface area contributed by atoms with Crippen LogP contribution in [0.5, 0.6) is 5.75 Å². The van der Waals surface area contributed by atoms with Gasteiger partial charge in [-0.15, -0.1) is 0 Å². The summed E-state index contributed by atoms with van der Waals surface area (Å²) in [4.78, 5) is 12.1. The number of benzene rings is 1. The van der Waals surface area contributed by atoms with Crippen molar-refractivity contribution in [3.63, 3.8) is 0 Å². The number of ether oxygens (including phenoxy) is 1. The molecule has 0 unspecified atom stereocenters. The predicted molar refractivity (Wildman–Crippen MR) is 161 cm³/mol. The molecule has 0 aliphatic rings. The van der Waals surface area contributed by atoms with Crippen molar-refractivity contribution >= 4 is 32.1 Å². The van der Waals surface area contributed by atoms with Crippen LogP contribution < -0.4 is 4.74 Å². The Hall–Kier alpha value is -5.23. The Balaban J connectivity index is 0.000000174. The molecule has 43 heavy (non-hydrogen) atoms. The lowest BCUT2D eigenvalue weighted by molar-refractivity contribution is 0.393. The molecule has 0 spiro atoms. The summed E-state index contributed by atoms with van der Waals surface area (Å²) in [7, 11) is -2.24. The number of methoxy groups -OCH3 is 1. The van der Waals surface area contributed by atoms with Crippen LogP contribution in [-0.4, -0.2) is 44.8 Å². The molecule has 11 nitrogen and oxygen atoms in total. The van der Waals surface area contributed by atoms with E-state index >= 15 is 0 Å². The summed E-state index contributed by atoms with van der Waals surface area (Å²) in [6.07, 6.45) is 6.94. The zero-order chi connectivity index (χ0) is 30.3. The largest absolute Gasteiger partial charge is 0.497 e. The molecular weight excluding hydrogens is 568 g/mol. The van der Waals surface area contributed by atoms with Gasteiger partial charge in [-0.25, -0.2) is 12.4 Å². The molecule has 0 amide bonds. The highest BCUT2D eigenvalue weighted by molar-refractivity contribution is 7.90. The average Bonchev–Trinajstić information content (AvgIpc) is 3.79. The normalized spacial score (nSPS) is 11.6. The van der Waals surface area contributed by atoms with Crippen LogP contribution in [0.4, 0.5) is 0 Å². The summed E-state index contributed by atoms with van der Waals surface area (Å²) < 4.78 is 42.9. The fraction of sp³-hybridized carbons (Fsp3) is 0.161. The lowest BCUT2D eigenvalue weighted by Gasteiger charge is -2.09. The summed E-state index contributed by atoms with van der Waals surface area (Å²) >= 11 is 0. The number of nitrogens with one attached hydrogen (secondary N) is 1. The Bertz CT molecular complexity index is 2150. The Morgan fingerprint density at radius 3 is 1.98 bits per heavy atom. The first-order chi connectivity index (χ1) is 20.7. The fourth-order valence-electron chi connectivity index (χ4n) is 5.06. The van der Waals surface area contributed by atoms with E-state index in [1.54, 1.807) is 30.5 Å². The summed E-state index contributed by atoms with van der Waals surface area (Å²) in [5.74, 6) is 2.07. The van der Waals surface area contributed by atoms with Gasteiger partial charge in [0.2, 0.25) is 0 Å². The van der Waals surface area contributed by atoms with Gasteiger partial charge in [-0.3, -0.25) is 9.97 Å². The van der Waals surface area contributed by atoms with Crippen molar-refractivity contribution in [2.24, 2.45) is 0 Å². The third-order valence-electron chi connectivity index (χ3n) is 7.16. The van der Waals surface area contributed by atoms with E-state index in [-0.39, 0.29) is 4.90 Å².